The summed E-state index contributed by atoms with van der Waals surface area (Å²) < 4.78 is 13.2. The van der Waals surface area contributed by atoms with Crippen LogP contribution in [0.2, 0.25) is 0 Å². The highest BCUT2D eigenvalue weighted by molar-refractivity contribution is 5.34. The Bertz CT molecular complexity index is 478. The van der Waals surface area contributed by atoms with Gasteiger partial charge >= 0.3 is 0 Å². The zero-order valence-corrected chi connectivity index (χ0v) is 12.2. The minimum absolute atomic E-state index is 0.130. The number of rotatable bonds is 5. The summed E-state index contributed by atoms with van der Waals surface area (Å²) in [6.45, 7) is 4.05. The van der Waals surface area contributed by atoms with Gasteiger partial charge in [0.2, 0.25) is 0 Å². The summed E-state index contributed by atoms with van der Waals surface area (Å²) in [5.41, 5.74) is 1.10. The molecule has 20 heavy (non-hydrogen) atoms. The maximum Gasteiger partial charge on any atom is 0.140 e. The minimum Gasteiger partial charge on any atom is -0.313 e. The highest BCUT2D eigenvalue weighted by atomic mass is 19.1. The maximum absolute atomic E-state index is 13.2. The van der Waals surface area contributed by atoms with Gasteiger partial charge < -0.3 is 5.32 Å². The first kappa shape index (κ1) is 15.0. The molecule has 1 aromatic rings. The zero-order chi connectivity index (χ0) is 14.4. The fraction of sp³-hybridized carbons (Fsp3) is 0.588. The van der Waals surface area contributed by atoms with Crippen molar-refractivity contribution in [3.05, 3.63) is 35.1 Å². The summed E-state index contributed by atoms with van der Waals surface area (Å²) in [7, 11) is 0. The van der Waals surface area contributed by atoms with Gasteiger partial charge in [-0.1, -0.05) is 32.3 Å². The van der Waals surface area contributed by atoms with E-state index in [1.54, 1.807) is 12.1 Å². The molecule has 3 heteroatoms. The van der Waals surface area contributed by atoms with Crippen LogP contribution in [0.4, 0.5) is 4.39 Å². The molecule has 1 aliphatic rings. The molecule has 0 aromatic heterocycles. The number of nitrogens with zero attached hydrogens (tertiary/aromatic N) is 1. The monoisotopic (exact) mass is 274 g/mol. The molecule has 1 N–H and O–H groups in total. The van der Waals surface area contributed by atoms with Crippen LogP contribution in [0.3, 0.4) is 0 Å². The van der Waals surface area contributed by atoms with Gasteiger partial charge in [-0.2, -0.15) is 5.26 Å². The van der Waals surface area contributed by atoms with Gasteiger partial charge in [0.05, 0.1) is 5.56 Å². The van der Waals surface area contributed by atoms with E-state index in [2.05, 4.69) is 12.2 Å². The van der Waals surface area contributed by atoms with E-state index < -0.39 is 5.82 Å². The molecule has 0 saturated heterocycles. The standard InChI is InChI=1S/C17H23FN2/c1-13-3-2-4-14(9-13)7-8-20-12-15-5-6-17(18)16(10-15)11-19/h5-6,10,13-14,20H,2-4,7-9,12H2,1H3. The highest BCUT2D eigenvalue weighted by Crippen LogP contribution is 2.30. The first-order valence-electron chi connectivity index (χ1n) is 7.58. The van der Waals surface area contributed by atoms with Gasteiger partial charge in [0, 0.05) is 6.54 Å². The molecule has 0 spiro atoms. The van der Waals surface area contributed by atoms with E-state index in [1.807, 2.05) is 6.07 Å². The van der Waals surface area contributed by atoms with Crippen LogP contribution in [0, 0.1) is 29.0 Å². The molecule has 0 bridgehead atoms. The van der Waals surface area contributed by atoms with E-state index in [9.17, 15) is 4.39 Å². The first-order valence-corrected chi connectivity index (χ1v) is 7.58. The smallest absolute Gasteiger partial charge is 0.140 e. The lowest BCUT2D eigenvalue weighted by atomic mass is 9.81. The van der Waals surface area contributed by atoms with Crippen LogP contribution < -0.4 is 5.32 Å². The van der Waals surface area contributed by atoms with Gasteiger partial charge in [-0.15, -0.1) is 0 Å². The average molecular weight is 274 g/mol. The molecule has 1 fully saturated rings. The lowest BCUT2D eigenvalue weighted by molar-refractivity contribution is 0.267. The number of halogens is 1. The summed E-state index contributed by atoms with van der Waals surface area (Å²) in [6, 6.07) is 6.63. The molecular weight excluding hydrogens is 251 g/mol. The number of benzene rings is 1. The Labute approximate surface area is 121 Å². The van der Waals surface area contributed by atoms with E-state index >= 15 is 0 Å². The molecule has 0 heterocycles. The van der Waals surface area contributed by atoms with Crippen molar-refractivity contribution in [2.24, 2.45) is 11.8 Å². The van der Waals surface area contributed by atoms with Crippen LogP contribution in [0.15, 0.2) is 18.2 Å². The second-order valence-electron chi connectivity index (χ2n) is 6.03. The van der Waals surface area contributed by atoms with E-state index in [-0.39, 0.29) is 5.56 Å². The molecule has 2 rings (SSSR count). The Kier molecular flexibility index (Phi) is 5.55. The molecule has 108 valence electrons. The number of hydrogen-bond donors (Lipinski definition) is 1. The quantitative estimate of drug-likeness (QED) is 0.824. The number of nitrogens with one attached hydrogen (secondary N) is 1. The topological polar surface area (TPSA) is 35.8 Å². The van der Waals surface area contributed by atoms with Crippen molar-refractivity contribution in [1.82, 2.24) is 5.32 Å². The van der Waals surface area contributed by atoms with Crippen LogP contribution in [-0.4, -0.2) is 6.54 Å². The highest BCUT2D eigenvalue weighted by Gasteiger charge is 2.18. The predicted octanol–water partition coefficient (Wildman–Crippen LogP) is 4.00. The Morgan fingerprint density at radius 3 is 3.00 bits per heavy atom. The zero-order valence-electron chi connectivity index (χ0n) is 12.2. The van der Waals surface area contributed by atoms with E-state index in [1.165, 1.54) is 38.2 Å². The molecule has 0 aliphatic heterocycles. The Hall–Kier alpha value is -1.40. The van der Waals surface area contributed by atoms with Crippen LogP contribution in [-0.2, 0) is 6.54 Å². The van der Waals surface area contributed by atoms with Gasteiger partial charge in [-0.05, 0) is 48.9 Å². The van der Waals surface area contributed by atoms with Crippen molar-refractivity contribution in [2.75, 3.05) is 6.54 Å². The van der Waals surface area contributed by atoms with Gasteiger partial charge in [0.25, 0.3) is 0 Å². The van der Waals surface area contributed by atoms with Crippen molar-refractivity contribution in [1.29, 1.82) is 5.26 Å². The van der Waals surface area contributed by atoms with Crippen LogP contribution >= 0.6 is 0 Å². The third kappa shape index (κ3) is 4.31. The summed E-state index contributed by atoms with van der Waals surface area (Å²) in [5.74, 6) is 1.30. The van der Waals surface area contributed by atoms with Crippen LogP contribution in [0.5, 0.6) is 0 Å². The predicted molar refractivity (Wildman–Crippen MR) is 78.6 cm³/mol. The van der Waals surface area contributed by atoms with Crippen LogP contribution in [0.1, 0.15) is 50.2 Å². The number of hydrogen-bond acceptors (Lipinski definition) is 2. The average Bonchev–Trinajstić information content (AvgIpc) is 2.45. The third-order valence-corrected chi connectivity index (χ3v) is 4.25. The van der Waals surface area contributed by atoms with Gasteiger partial charge in [-0.3, -0.25) is 0 Å². The van der Waals surface area contributed by atoms with E-state index in [0.29, 0.717) is 6.54 Å². The van der Waals surface area contributed by atoms with Crippen molar-refractivity contribution >= 4 is 0 Å². The second-order valence-corrected chi connectivity index (χ2v) is 6.03. The molecule has 0 amide bonds. The molecule has 2 unspecified atom stereocenters. The molecule has 1 saturated carbocycles. The normalized spacial score (nSPS) is 22.4. The molecule has 1 aliphatic carbocycles. The minimum atomic E-state index is -0.438. The van der Waals surface area contributed by atoms with Gasteiger partial charge in [0.15, 0.2) is 0 Å². The summed E-state index contributed by atoms with van der Waals surface area (Å²) >= 11 is 0. The van der Waals surface area contributed by atoms with Crippen molar-refractivity contribution in [3.8, 4) is 6.07 Å². The van der Waals surface area contributed by atoms with Crippen molar-refractivity contribution < 1.29 is 4.39 Å². The van der Waals surface area contributed by atoms with Crippen molar-refractivity contribution in [3.63, 3.8) is 0 Å². The second kappa shape index (κ2) is 7.40. The van der Waals surface area contributed by atoms with Crippen LogP contribution in [0.25, 0.3) is 0 Å². The van der Waals surface area contributed by atoms with Gasteiger partial charge in [-0.25, -0.2) is 4.39 Å². The maximum atomic E-state index is 13.2. The lowest BCUT2D eigenvalue weighted by Gasteiger charge is -2.26. The molecule has 1 aromatic carbocycles. The molecular formula is C17H23FN2. The fourth-order valence-electron chi connectivity index (χ4n) is 3.13. The summed E-state index contributed by atoms with van der Waals surface area (Å²) in [6.07, 6.45) is 6.69. The largest absolute Gasteiger partial charge is 0.313 e. The SMILES string of the molecule is CC1CCCC(CCNCc2ccc(F)c(C#N)c2)C1. The molecule has 0 radical (unpaired) electrons. The lowest BCUT2D eigenvalue weighted by Crippen LogP contribution is -2.21. The van der Waals surface area contributed by atoms with Crippen molar-refractivity contribution in [2.45, 2.75) is 45.6 Å². The molecule has 2 nitrogen and oxygen atoms in total. The third-order valence-electron chi connectivity index (χ3n) is 4.25. The van der Waals surface area contributed by atoms with Gasteiger partial charge in [0.1, 0.15) is 11.9 Å². The molecule has 2 atom stereocenters. The Morgan fingerprint density at radius 1 is 1.40 bits per heavy atom. The number of nitriles is 1. The Morgan fingerprint density at radius 2 is 2.25 bits per heavy atom. The Balaban J connectivity index is 1.72. The summed E-state index contributed by atoms with van der Waals surface area (Å²) in [4.78, 5) is 0. The van der Waals surface area contributed by atoms with E-state index in [4.69, 9.17) is 5.26 Å². The van der Waals surface area contributed by atoms with E-state index in [0.717, 1.165) is 23.9 Å². The first-order chi connectivity index (χ1) is 9.69. The fourth-order valence-corrected chi connectivity index (χ4v) is 3.13. The summed E-state index contributed by atoms with van der Waals surface area (Å²) in [5, 5.41) is 12.2.